The fourth-order valence-corrected chi connectivity index (χ4v) is 2.77. The predicted molar refractivity (Wildman–Crippen MR) is 78.0 cm³/mol. The maximum absolute atomic E-state index is 13.4. The van der Waals surface area contributed by atoms with Gasteiger partial charge in [-0.15, -0.1) is 0 Å². The maximum Gasteiger partial charge on any atom is 0.119 e. The van der Waals surface area contributed by atoms with Crippen LogP contribution in [0.3, 0.4) is 0 Å². The lowest BCUT2D eigenvalue weighted by atomic mass is 9.84. The first-order valence-electron chi connectivity index (χ1n) is 6.90. The number of rotatable bonds is 2. The molecule has 19 heavy (non-hydrogen) atoms. The highest BCUT2D eigenvalue weighted by molar-refractivity contribution is 5.75. The van der Waals surface area contributed by atoms with Crippen molar-refractivity contribution in [2.45, 2.75) is 32.4 Å². The van der Waals surface area contributed by atoms with Crippen LogP contribution in [0, 0.1) is 5.92 Å². The van der Waals surface area contributed by atoms with Crippen molar-refractivity contribution in [3.8, 4) is 0 Å². The Kier molecular flexibility index (Phi) is 3.05. The summed E-state index contributed by atoms with van der Waals surface area (Å²) in [6.45, 7) is 4.27. The van der Waals surface area contributed by atoms with Crippen molar-refractivity contribution in [1.82, 2.24) is 0 Å². The Morgan fingerprint density at radius 3 is 2.79 bits per heavy atom. The molecule has 100 valence electrons. The molecule has 3 atom stereocenters. The molecule has 0 bridgehead atoms. The first kappa shape index (κ1) is 12.3. The van der Waals surface area contributed by atoms with E-state index in [9.17, 15) is 4.39 Å². The van der Waals surface area contributed by atoms with Gasteiger partial charge in [-0.05, 0) is 42.2 Å². The zero-order valence-corrected chi connectivity index (χ0v) is 11.3. The van der Waals surface area contributed by atoms with Crippen molar-refractivity contribution in [2.75, 3.05) is 10.6 Å². The van der Waals surface area contributed by atoms with Crippen molar-refractivity contribution < 1.29 is 4.39 Å². The van der Waals surface area contributed by atoms with E-state index in [2.05, 4.69) is 42.7 Å². The van der Waals surface area contributed by atoms with Gasteiger partial charge in [-0.1, -0.05) is 26.0 Å². The number of hydrogen-bond donors (Lipinski definition) is 2. The quantitative estimate of drug-likeness (QED) is 0.821. The Bertz CT molecular complexity index is 548. The number of hydrogen-bond acceptors (Lipinski definition) is 2. The van der Waals surface area contributed by atoms with Crippen LogP contribution in [0.2, 0.25) is 0 Å². The molecule has 2 nitrogen and oxygen atoms in total. The molecule has 0 spiro atoms. The van der Waals surface area contributed by atoms with Gasteiger partial charge >= 0.3 is 0 Å². The summed E-state index contributed by atoms with van der Waals surface area (Å²) < 4.78 is 13.4. The lowest BCUT2D eigenvalue weighted by molar-refractivity contribution is 0.580. The van der Waals surface area contributed by atoms with Gasteiger partial charge in [-0.3, -0.25) is 0 Å². The van der Waals surface area contributed by atoms with Gasteiger partial charge in [0, 0.05) is 5.92 Å². The largest absolute Gasteiger partial charge is 0.364 e. The SMILES string of the molecule is CCC1Nc2ccc(C3C=C(F)C=CC3C)cc2N1. The molecule has 1 aliphatic carbocycles. The molecule has 0 saturated heterocycles. The molecule has 0 radical (unpaired) electrons. The fraction of sp³-hybridized carbons (Fsp3) is 0.375. The van der Waals surface area contributed by atoms with Gasteiger partial charge in [0.2, 0.25) is 0 Å². The second kappa shape index (κ2) is 4.72. The molecule has 3 unspecified atom stereocenters. The predicted octanol–water partition coefficient (Wildman–Crippen LogP) is 4.40. The van der Waals surface area contributed by atoms with Crippen LogP contribution in [0.25, 0.3) is 0 Å². The summed E-state index contributed by atoms with van der Waals surface area (Å²) in [4.78, 5) is 0. The normalized spacial score (nSPS) is 28.4. The molecule has 0 aromatic heterocycles. The molecule has 0 amide bonds. The minimum Gasteiger partial charge on any atom is -0.364 e. The third-order valence-corrected chi connectivity index (χ3v) is 3.96. The summed E-state index contributed by atoms with van der Waals surface area (Å²) in [5.41, 5.74) is 3.43. The van der Waals surface area contributed by atoms with E-state index < -0.39 is 0 Å². The molecule has 0 saturated carbocycles. The zero-order chi connectivity index (χ0) is 13.4. The fourth-order valence-electron chi connectivity index (χ4n) is 2.77. The van der Waals surface area contributed by atoms with E-state index >= 15 is 0 Å². The smallest absolute Gasteiger partial charge is 0.119 e. The van der Waals surface area contributed by atoms with Crippen LogP contribution in [-0.2, 0) is 0 Å². The van der Waals surface area contributed by atoms with E-state index in [0.29, 0.717) is 12.1 Å². The monoisotopic (exact) mass is 258 g/mol. The van der Waals surface area contributed by atoms with E-state index in [1.165, 1.54) is 0 Å². The molecular weight excluding hydrogens is 239 g/mol. The van der Waals surface area contributed by atoms with E-state index in [0.717, 1.165) is 23.4 Å². The molecular formula is C16H19FN2. The highest BCUT2D eigenvalue weighted by Crippen LogP contribution is 2.37. The molecule has 3 heteroatoms. The summed E-state index contributed by atoms with van der Waals surface area (Å²) in [5, 5.41) is 6.87. The van der Waals surface area contributed by atoms with Crippen molar-refractivity contribution in [3.63, 3.8) is 0 Å². The lowest BCUT2D eigenvalue weighted by Crippen LogP contribution is -2.20. The second-order valence-electron chi connectivity index (χ2n) is 5.35. The Morgan fingerprint density at radius 2 is 2.00 bits per heavy atom. The van der Waals surface area contributed by atoms with Crippen molar-refractivity contribution in [2.24, 2.45) is 5.92 Å². The Labute approximate surface area is 113 Å². The number of nitrogens with one attached hydrogen (secondary N) is 2. The first-order chi connectivity index (χ1) is 9.17. The molecule has 1 aromatic carbocycles. The summed E-state index contributed by atoms with van der Waals surface area (Å²) in [5.74, 6) is 0.313. The minimum absolute atomic E-state index is 0.123. The van der Waals surface area contributed by atoms with E-state index in [4.69, 9.17) is 0 Å². The maximum atomic E-state index is 13.4. The van der Waals surface area contributed by atoms with Crippen molar-refractivity contribution in [1.29, 1.82) is 0 Å². The lowest BCUT2D eigenvalue weighted by Gasteiger charge is -2.22. The van der Waals surface area contributed by atoms with Gasteiger partial charge < -0.3 is 10.6 Å². The van der Waals surface area contributed by atoms with Gasteiger partial charge in [0.05, 0.1) is 17.5 Å². The second-order valence-corrected chi connectivity index (χ2v) is 5.35. The van der Waals surface area contributed by atoms with Crippen LogP contribution in [0.1, 0.15) is 31.7 Å². The number of allylic oxidation sites excluding steroid dienone is 4. The topological polar surface area (TPSA) is 24.1 Å². The van der Waals surface area contributed by atoms with E-state index in [1.807, 2.05) is 6.08 Å². The van der Waals surface area contributed by atoms with Gasteiger partial charge in [0.1, 0.15) is 5.83 Å². The van der Waals surface area contributed by atoms with Crippen LogP contribution in [-0.4, -0.2) is 6.17 Å². The van der Waals surface area contributed by atoms with E-state index in [-0.39, 0.29) is 11.7 Å². The number of anilines is 2. The summed E-state index contributed by atoms with van der Waals surface area (Å²) in [6.07, 6.45) is 6.55. The van der Waals surface area contributed by atoms with Crippen LogP contribution >= 0.6 is 0 Å². The highest BCUT2D eigenvalue weighted by atomic mass is 19.1. The van der Waals surface area contributed by atoms with Gasteiger partial charge in [0.25, 0.3) is 0 Å². The van der Waals surface area contributed by atoms with Crippen LogP contribution < -0.4 is 10.6 Å². The number of halogens is 1. The van der Waals surface area contributed by atoms with Crippen molar-refractivity contribution in [3.05, 3.63) is 47.8 Å². The Hall–Kier alpha value is -1.77. The van der Waals surface area contributed by atoms with E-state index in [1.54, 1.807) is 12.2 Å². The summed E-state index contributed by atoms with van der Waals surface area (Å²) in [7, 11) is 0. The third-order valence-electron chi connectivity index (χ3n) is 3.96. The molecule has 1 aliphatic heterocycles. The Morgan fingerprint density at radius 1 is 1.21 bits per heavy atom. The standard InChI is InChI=1S/C16H19FN2/c1-3-16-18-14-7-5-11(8-15(14)19-16)13-9-12(17)6-4-10(13)2/h4-10,13,16,18-19H,3H2,1-2H3. The molecule has 2 N–H and O–H groups in total. The summed E-state index contributed by atoms with van der Waals surface area (Å²) in [6, 6.07) is 6.32. The summed E-state index contributed by atoms with van der Waals surface area (Å²) >= 11 is 0. The minimum atomic E-state index is -0.138. The highest BCUT2D eigenvalue weighted by Gasteiger charge is 2.23. The van der Waals surface area contributed by atoms with Gasteiger partial charge in [0.15, 0.2) is 0 Å². The number of fused-ring (bicyclic) bond motifs is 1. The third kappa shape index (κ3) is 2.25. The molecule has 2 aliphatic rings. The number of benzene rings is 1. The molecule has 3 rings (SSSR count). The van der Waals surface area contributed by atoms with Crippen LogP contribution in [0.4, 0.5) is 15.8 Å². The molecule has 1 heterocycles. The molecule has 0 fully saturated rings. The molecule has 1 aromatic rings. The van der Waals surface area contributed by atoms with Gasteiger partial charge in [-0.25, -0.2) is 4.39 Å². The first-order valence-corrected chi connectivity index (χ1v) is 6.90. The Balaban J connectivity index is 1.90. The average molecular weight is 258 g/mol. The van der Waals surface area contributed by atoms with Crippen LogP contribution in [0.15, 0.2) is 42.3 Å². The van der Waals surface area contributed by atoms with Gasteiger partial charge in [-0.2, -0.15) is 0 Å². The van der Waals surface area contributed by atoms with Crippen LogP contribution in [0.5, 0.6) is 0 Å². The zero-order valence-electron chi connectivity index (χ0n) is 11.3. The average Bonchev–Trinajstić information content (AvgIpc) is 2.83. The van der Waals surface area contributed by atoms with Crippen molar-refractivity contribution >= 4 is 11.4 Å².